The largest absolute Gasteiger partial charge is 0.463 e. The van der Waals surface area contributed by atoms with Crippen molar-refractivity contribution in [3.05, 3.63) is 36.2 Å². The molecule has 3 aromatic heterocycles. The van der Waals surface area contributed by atoms with Crippen LogP contribution in [0.4, 0.5) is 5.82 Å². The molecule has 0 radical (unpaired) electrons. The van der Waals surface area contributed by atoms with E-state index in [2.05, 4.69) is 26.8 Å². The predicted octanol–water partition coefficient (Wildman–Crippen LogP) is 2.02. The minimum Gasteiger partial charge on any atom is -0.463 e. The second-order valence-electron chi connectivity index (χ2n) is 5.57. The van der Waals surface area contributed by atoms with E-state index < -0.39 is 0 Å². The van der Waals surface area contributed by atoms with Gasteiger partial charge in [-0.1, -0.05) is 0 Å². The zero-order valence-electron chi connectivity index (χ0n) is 12.5. The van der Waals surface area contributed by atoms with E-state index in [1.807, 2.05) is 6.07 Å². The Balaban J connectivity index is 1.66. The third kappa shape index (κ3) is 2.53. The van der Waals surface area contributed by atoms with Crippen LogP contribution in [0.25, 0.3) is 17.1 Å². The third-order valence-electron chi connectivity index (χ3n) is 4.04. The Bertz CT molecular complexity index is 855. The van der Waals surface area contributed by atoms with Crippen molar-refractivity contribution in [2.75, 3.05) is 18.4 Å². The molecule has 7 nitrogen and oxygen atoms in total. The number of aromatic nitrogens is 3. The van der Waals surface area contributed by atoms with Gasteiger partial charge in [0.05, 0.1) is 6.26 Å². The van der Waals surface area contributed by atoms with Gasteiger partial charge in [0.25, 0.3) is 0 Å². The van der Waals surface area contributed by atoms with E-state index in [4.69, 9.17) is 4.42 Å². The van der Waals surface area contributed by atoms with Crippen molar-refractivity contribution in [3.8, 4) is 17.5 Å². The summed E-state index contributed by atoms with van der Waals surface area (Å²) in [7, 11) is 0. The molecular formula is C16H16N6O. The summed E-state index contributed by atoms with van der Waals surface area (Å²) in [4.78, 5) is 4.53. The molecule has 2 N–H and O–H groups in total. The normalized spacial score (nSPS) is 17.4. The maximum Gasteiger partial charge on any atom is 0.175 e. The fourth-order valence-electron chi connectivity index (χ4n) is 2.88. The van der Waals surface area contributed by atoms with Crippen LogP contribution in [0.3, 0.4) is 0 Å². The van der Waals surface area contributed by atoms with E-state index in [0.717, 1.165) is 18.9 Å². The number of furan rings is 1. The summed E-state index contributed by atoms with van der Waals surface area (Å²) in [5.41, 5.74) is 1.46. The molecule has 1 aliphatic rings. The van der Waals surface area contributed by atoms with Gasteiger partial charge in [-0.05, 0) is 37.6 Å². The number of nitrogens with one attached hydrogen (secondary N) is 2. The Hall–Kier alpha value is -2.85. The molecule has 3 aromatic rings. The first-order chi connectivity index (χ1) is 11.3. The molecule has 0 amide bonds. The van der Waals surface area contributed by atoms with Gasteiger partial charge in [0.1, 0.15) is 23.1 Å². The summed E-state index contributed by atoms with van der Waals surface area (Å²) >= 11 is 0. The van der Waals surface area contributed by atoms with E-state index in [0.29, 0.717) is 28.7 Å². The molecule has 23 heavy (non-hydrogen) atoms. The molecule has 0 aromatic carbocycles. The zero-order chi connectivity index (χ0) is 15.6. The van der Waals surface area contributed by atoms with Crippen molar-refractivity contribution in [1.82, 2.24) is 19.9 Å². The van der Waals surface area contributed by atoms with E-state index >= 15 is 0 Å². The van der Waals surface area contributed by atoms with Gasteiger partial charge >= 0.3 is 0 Å². The SMILES string of the molecule is N#Cc1c(-c2ccco2)nn2ccc(NCC3CCCN3)nc12. The van der Waals surface area contributed by atoms with Crippen molar-refractivity contribution in [1.29, 1.82) is 5.26 Å². The number of anilines is 1. The third-order valence-corrected chi connectivity index (χ3v) is 4.04. The molecule has 4 heterocycles. The molecular weight excluding hydrogens is 292 g/mol. The van der Waals surface area contributed by atoms with Crippen LogP contribution in [0.1, 0.15) is 18.4 Å². The molecule has 1 fully saturated rings. The highest BCUT2D eigenvalue weighted by Gasteiger charge is 2.18. The Labute approximate surface area is 132 Å². The second kappa shape index (κ2) is 5.74. The molecule has 1 saturated heterocycles. The molecule has 116 valence electrons. The van der Waals surface area contributed by atoms with Crippen LogP contribution in [0.2, 0.25) is 0 Å². The minimum atomic E-state index is 0.419. The summed E-state index contributed by atoms with van der Waals surface area (Å²) in [5.74, 6) is 1.31. The van der Waals surface area contributed by atoms with Gasteiger partial charge in [0, 0.05) is 18.8 Å². The van der Waals surface area contributed by atoms with Crippen LogP contribution < -0.4 is 10.6 Å². The van der Waals surface area contributed by atoms with Crippen LogP contribution in [-0.4, -0.2) is 33.7 Å². The predicted molar refractivity (Wildman–Crippen MR) is 84.9 cm³/mol. The number of nitrogens with zero attached hydrogens (tertiary/aromatic N) is 4. The number of hydrogen-bond donors (Lipinski definition) is 2. The summed E-state index contributed by atoms with van der Waals surface area (Å²) in [6, 6.07) is 8.09. The van der Waals surface area contributed by atoms with E-state index in [-0.39, 0.29) is 0 Å². The topological polar surface area (TPSA) is 91.2 Å². The fraction of sp³-hybridized carbons (Fsp3) is 0.312. The Kier molecular flexibility index (Phi) is 3.44. The maximum atomic E-state index is 9.48. The van der Waals surface area contributed by atoms with Crippen molar-refractivity contribution < 1.29 is 4.42 Å². The number of fused-ring (bicyclic) bond motifs is 1. The Morgan fingerprint density at radius 1 is 1.48 bits per heavy atom. The maximum absolute atomic E-state index is 9.48. The van der Waals surface area contributed by atoms with Gasteiger partial charge in [-0.3, -0.25) is 0 Å². The first-order valence-electron chi connectivity index (χ1n) is 7.66. The number of hydrogen-bond acceptors (Lipinski definition) is 6. The fourth-order valence-corrected chi connectivity index (χ4v) is 2.88. The van der Waals surface area contributed by atoms with Crippen molar-refractivity contribution in [2.24, 2.45) is 0 Å². The molecule has 1 unspecified atom stereocenters. The van der Waals surface area contributed by atoms with Crippen LogP contribution in [0, 0.1) is 11.3 Å². The number of nitriles is 1. The van der Waals surface area contributed by atoms with Gasteiger partial charge in [-0.15, -0.1) is 0 Å². The smallest absolute Gasteiger partial charge is 0.175 e. The standard InChI is InChI=1S/C16H16N6O/c17-9-12-15(13-4-2-8-23-13)21-22-7-5-14(20-16(12)22)19-10-11-3-1-6-18-11/h2,4-5,7-8,11,18H,1,3,6,10H2,(H,19,20). The van der Waals surface area contributed by atoms with Gasteiger partial charge in [0.2, 0.25) is 0 Å². The first kappa shape index (κ1) is 13.8. The highest BCUT2D eigenvalue weighted by Crippen LogP contribution is 2.25. The van der Waals surface area contributed by atoms with E-state index in [1.54, 1.807) is 29.1 Å². The molecule has 0 aliphatic carbocycles. The summed E-state index contributed by atoms with van der Waals surface area (Å²) in [6.07, 6.45) is 5.76. The van der Waals surface area contributed by atoms with Gasteiger partial charge < -0.3 is 15.1 Å². The minimum absolute atomic E-state index is 0.419. The van der Waals surface area contributed by atoms with Crippen LogP contribution in [-0.2, 0) is 0 Å². The molecule has 0 spiro atoms. The van der Waals surface area contributed by atoms with Gasteiger partial charge in [0.15, 0.2) is 11.4 Å². The lowest BCUT2D eigenvalue weighted by molar-refractivity contribution is 0.579. The van der Waals surface area contributed by atoms with Gasteiger partial charge in [-0.25, -0.2) is 9.50 Å². The quantitative estimate of drug-likeness (QED) is 0.766. The van der Waals surface area contributed by atoms with Crippen LogP contribution in [0.15, 0.2) is 35.1 Å². The van der Waals surface area contributed by atoms with Crippen LogP contribution in [0.5, 0.6) is 0 Å². The molecule has 7 heteroatoms. The molecule has 4 rings (SSSR count). The second-order valence-corrected chi connectivity index (χ2v) is 5.57. The Morgan fingerprint density at radius 2 is 2.43 bits per heavy atom. The average Bonchev–Trinajstić information content (AvgIpc) is 3.31. The molecule has 1 atom stereocenters. The highest BCUT2D eigenvalue weighted by molar-refractivity contribution is 5.72. The monoisotopic (exact) mass is 308 g/mol. The molecule has 0 bridgehead atoms. The summed E-state index contributed by atoms with van der Waals surface area (Å²) in [5, 5.41) is 20.6. The lowest BCUT2D eigenvalue weighted by Gasteiger charge is -2.11. The van der Waals surface area contributed by atoms with E-state index in [1.165, 1.54) is 12.8 Å². The average molecular weight is 308 g/mol. The first-order valence-corrected chi connectivity index (χ1v) is 7.66. The number of rotatable bonds is 4. The lowest BCUT2D eigenvalue weighted by Crippen LogP contribution is -2.29. The zero-order valence-corrected chi connectivity index (χ0v) is 12.5. The molecule has 0 saturated carbocycles. The van der Waals surface area contributed by atoms with Gasteiger partial charge in [-0.2, -0.15) is 10.4 Å². The summed E-state index contributed by atoms with van der Waals surface area (Å²) < 4.78 is 6.96. The van der Waals surface area contributed by atoms with Crippen molar-refractivity contribution in [2.45, 2.75) is 18.9 Å². The van der Waals surface area contributed by atoms with Crippen molar-refractivity contribution >= 4 is 11.5 Å². The van der Waals surface area contributed by atoms with Crippen molar-refractivity contribution in [3.63, 3.8) is 0 Å². The van der Waals surface area contributed by atoms with Crippen LogP contribution >= 0.6 is 0 Å². The van der Waals surface area contributed by atoms with E-state index in [9.17, 15) is 5.26 Å². The summed E-state index contributed by atoms with van der Waals surface area (Å²) in [6.45, 7) is 1.90. The highest BCUT2D eigenvalue weighted by atomic mass is 16.3. The Morgan fingerprint density at radius 3 is 3.17 bits per heavy atom. The molecule has 1 aliphatic heterocycles. The lowest BCUT2D eigenvalue weighted by atomic mass is 10.2.